The molecule has 0 saturated carbocycles. The molecule has 0 aliphatic heterocycles. The van der Waals surface area contributed by atoms with Crippen molar-refractivity contribution >= 4 is 28.4 Å². The molecule has 0 radical (unpaired) electrons. The van der Waals surface area contributed by atoms with Gasteiger partial charge in [-0.3, -0.25) is 4.40 Å². The van der Waals surface area contributed by atoms with E-state index in [1.807, 2.05) is 0 Å². The van der Waals surface area contributed by atoms with E-state index < -0.39 is 11.7 Å². The van der Waals surface area contributed by atoms with Crippen molar-refractivity contribution in [2.75, 3.05) is 7.11 Å². The first-order chi connectivity index (χ1) is 12.8. The van der Waals surface area contributed by atoms with Crippen molar-refractivity contribution in [2.45, 2.75) is 13.1 Å². The van der Waals surface area contributed by atoms with Crippen molar-refractivity contribution in [1.82, 2.24) is 24.6 Å². The van der Waals surface area contributed by atoms with Gasteiger partial charge < -0.3 is 4.74 Å². The Morgan fingerprint density at radius 3 is 2.52 bits per heavy atom. The third kappa shape index (κ3) is 2.84. The van der Waals surface area contributed by atoms with E-state index in [0.717, 1.165) is 12.1 Å². The van der Waals surface area contributed by atoms with E-state index >= 15 is 0 Å². The van der Waals surface area contributed by atoms with Crippen LogP contribution in [-0.4, -0.2) is 31.7 Å². The summed E-state index contributed by atoms with van der Waals surface area (Å²) in [5.41, 5.74) is 0.930. The molecule has 0 aliphatic carbocycles. The van der Waals surface area contributed by atoms with Crippen LogP contribution in [0.15, 0.2) is 30.3 Å². The van der Waals surface area contributed by atoms with E-state index in [1.165, 1.54) is 17.6 Å². The van der Waals surface area contributed by atoms with Gasteiger partial charge in [-0.05, 0) is 31.2 Å². The number of methoxy groups -OCH3 is 1. The fourth-order valence-electron chi connectivity index (χ4n) is 2.77. The standard InChI is InChI=1S/C17H11ClF3N5O/c1-8-14-25-24-12-5-6-13(27-2)23-16(12)26(14)15(22-8)10-7-9(17(19,20)21)3-4-11(10)18/h3-7H,1-2H3. The summed E-state index contributed by atoms with van der Waals surface area (Å²) in [5.74, 6) is 0.517. The summed E-state index contributed by atoms with van der Waals surface area (Å²) in [6, 6.07) is 6.35. The topological polar surface area (TPSA) is 65.2 Å². The van der Waals surface area contributed by atoms with Gasteiger partial charge in [0.1, 0.15) is 11.3 Å². The first-order valence-electron chi connectivity index (χ1n) is 7.73. The first-order valence-corrected chi connectivity index (χ1v) is 8.11. The molecule has 6 nitrogen and oxygen atoms in total. The van der Waals surface area contributed by atoms with Gasteiger partial charge in [-0.2, -0.15) is 18.2 Å². The predicted molar refractivity (Wildman–Crippen MR) is 92.8 cm³/mol. The second-order valence-electron chi connectivity index (χ2n) is 5.77. The molecule has 4 rings (SSSR count). The van der Waals surface area contributed by atoms with Gasteiger partial charge in [0.25, 0.3) is 0 Å². The maximum Gasteiger partial charge on any atom is 0.416 e. The van der Waals surface area contributed by atoms with Crippen molar-refractivity contribution in [3.63, 3.8) is 0 Å². The Morgan fingerprint density at radius 1 is 1.04 bits per heavy atom. The summed E-state index contributed by atoms with van der Waals surface area (Å²) in [6.45, 7) is 1.68. The molecule has 0 amide bonds. The van der Waals surface area contributed by atoms with Crippen LogP contribution in [0.2, 0.25) is 5.02 Å². The van der Waals surface area contributed by atoms with Crippen LogP contribution >= 0.6 is 11.6 Å². The number of pyridine rings is 1. The summed E-state index contributed by atoms with van der Waals surface area (Å²) < 4.78 is 46.2. The van der Waals surface area contributed by atoms with E-state index in [2.05, 4.69) is 20.2 Å². The summed E-state index contributed by atoms with van der Waals surface area (Å²) in [5, 5.41) is 8.33. The smallest absolute Gasteiger partial charge is 0.416 e. The monoisotopic (exact) mass is 393 g/mol. The highest BCUT2D eigenvalue weighted by molar-refractivity contribution is 6.33. The zero-order valence-electron chi connectivity index (χ0n) is 14.0. The lowest BCUT2D eigenvalue weighted by Crippen LogP contribution is -2.06. The van der Waals surface area contributed by atoms with Crippen LogP contribution in [0.25, 0.3) is 28.2 Å². The highest BCUT2D eigenvalue weighted by Crippen LogP contribution is 2.36. The van der Waals surface area contributed by atoms with E-state index in [1.54, 1.807) is 19.1 Å². The number of halogens is 4. The Balaban J connectivity index is 2.10. The lowest BCUT2D eigenvalue weighted by molar-refractivity contribution is -0.137. The quantitative estimate of drug-likeness (QED) is 0.507. The van der Waals surface area contributed by atoms with Crippen LogP contribution in [0.1, 0.15) is 11.3 Å². The van der Waals surface area contributed by atoms with E-state index in [4.69, 9.17) is 16.3 Å². The molecule has 0 atom stereocenters. The van der Waals surface area contributed by atoms with Gasteiger partial charge in [0.05, 0.1) is 23.4 Å². The number of hydrogen-bond acceptors (Lipinski definition) is 5. The molecule has 3 heterocycles. The number of rotatable bonds is 2. The Bertz CT molecular complexity index is 1190. The predicted octanol–water partition coefficient (Wildman–Crippen LogP) is 4.33. The average molecular weight is 394 g/mol. The molecule has 0 unspecified atom stereocenters. The molecule has 3 aromatic heterocycles. The molecule has 1 aromatic carbocycles. The number of aromatic nitrogens is 5. The van der Waals surface area contributed by atoms with Crippen LogP contribution in [0, 0.1) is 6.92 Å². The van der Waals surface area contributed by atoms with Crippen molar-refractivity contribution < 1.29 is 17.9 Å². The first kappa shape index (κ1) is 17.5. The molecular formula is C17H11ClF3N5O. The number of alkyl halides is 3. The lowest BCUT2D eigenvalue weighted by atomic mass is 10.1. The lowest BCUT2D eigenvalue weighted by Gasteiger charge is -2.11. The zero-order chi connectivity index (χ0) is 19.3. The molecule has 0 N–H and O–H groups in total. The van der Waals surface area contributed by atoms with E-state index in [0.29, 0.717) is 28.4 Å². The van der Waals surface area contributed by atoms with Crippen LogP contribution in [0.5, 0.6) is 5.88 Å². The average Bonchev–Trinajstić information content (AvgIpc) is 2.97. The van der Waals surface area contributed by atoms with Gasteiger partial charge in [0.15, 0.2) is 11.3 Å². The number of fused-ring (bicyclic) bond motifs is 3. The van der Waals surface area contributed by atoms with Gasteiger partial charge in [-0.15, -0.1) is 10.2 Å². The molecule has 0 bridgehead atoms. The van der Waals surface area contributed by atoms with E-state index in [9.17, 15) is 13.2 Å². The number of benzene rings is 1. The maximum absolute atomic E-state index is 13.2. The Hall–Kier alpha value is -2.94. The van der Waals surface area contributed by atoms with Crippen molar-refractivity contribution in [2.24, 2.45) is 0 Å². The van der Waals surface area contributed by atoms with Crippen molar-refractivity contribution in [1.29, 1.82) is 0 Å². The number of hydrogen-bond donors (Lipinski definition) is 0. The summed E-state index contributed by atoms with van der Waals surface area (Å²) in [7, 11) is 1.46. The fourth-order valence-corrected chi connectivity index (χ4v) is 2.98. The number of imidazole rings is 1. The minimum absolute atomic E-state index is 0.119. The number of aryl methyl sites for hydroxylation is 1. The van der Waals surface area contributed by atoms with E-state index in [-0.39, 0.29) is 16.4 Å². The highest BCUT2D eigenvalue weighted by Gasteiger charge is 2.31. The second-order valence-corrected chi connectivity index (χ2v) is 6.18. The second kappa shape index (κ2) is 6.05. The highest BCUT2D eigenvalue weighted by atomic mass is 35.5. The normalized spacial score (nSPS) is 12.1. The van der Waals surface area contributed by atoms with Gasteiger partial charge in [-0.25, -0.2) is 4.98 Å². The van der Waals surface area contributed by atoms with Crippen LogP contribution in [0.4, 0.5) is 13.2 Å². The Labute approximate surface area is 155 Å². The molecular weight excluding hydrogens is 383 g/mol. The molecule has 138 valence electrons. The molecule has 4 aromatic rings. The molecule has 0 spiro atoms. The third-order valence-electron chi connectivity index (χ3n) is 4.06. The number of nitrogens with zero attached hydrogens (tertiary/aromatic N) is 5. The van der Waals surface area contributed by atoms with Gasteiger partial charge in [-0.1, -0.05) is 11.6 Å². The third-order valence-corrected chi connectivity index (χ3v) is 4.39. The maximum atomic E-state index is 13.2. The SMILES string of the molecule is COc1ccc2nnc3c(C)nc(-c4cc(C(F)(F)F)ccc4Cl)n3c2n1. The summed E-state index contributed by atoms with van der Waals surface area (Å²) >= 11 is 6.20. The van der Waals surface area contributed by atoms with Gasteiger partial charge in [0, 0.05) is 11.6 Å². The summed E-state index contributed by atoms with van der Waals surface area (Å²) in [6.07, 6.45) is -4.51. The minimum atomic E-state index is -4.51. The largest absolute Gasteiger partial charge is 0.481 e. The molecule has 10 heteroatoms. The zero-order valence-corrected chi connectivity index (χ0v) is 14.8. The molecule has 0 saturated heterocycles. The Morgan fingerprint density at radius 2 is 1.81 bits per heavy atom. The Kier molecular flexibility index (Phi) is 3.92. The molecule has 0 fully saturated rings. The van der Waals surface area contributed by atoms with Crippen LogP contribution in [-0.2, 0) is 6.18 Å². The number of ether oxygens (including phenoxy) is 1. The molecule has 0 aliphatic rings. The summed E-state index contributed by atoms with van der Waals surface area (Å²) in [4.78, 5) is 8.73. The fraction of sp³-hybridized carbons (Fsp3) is 0.176. The van der Waals surface area contributed by atoms with Crippen LogP contribution < -0.4 is 4.74 Å². The minimum Gasteiger partial charge on any atom is -0.481 e. The van der Waals surface area contributed by atoms with Crippen molar-refractivity contribution in [3.05, 3.63) is 46.6 Å². The molecule has 27 heavy (non-hydrogen) atoms. The van der Waals surface area contributed by atoms with Gasteiger partial charge in [0.2, 0.25) is 5.88 Å². The van der Waals surface area contributed by atoms with Crippen LogP contribution in [0.3, 0.4) is 0 Å². The van der Waals surface area contributed by atoms with Crippen molar-refractivity contribution in [3.8, 4) is 17.3 Å². The van der Waals surface area contributed by atoms with Gasteiger partial charge >= 0.3 is 6.18 Å².